The molecule has 4 aliphatic rings. The van der Waals surface area contributed by atoms with Crippen molar-refractivity contribution in [1.82, 2.24) is 0 Å². The Balaban J connectivity index is 1.53. The Bertz CT molecular complexity index is 920. The first-order valence-corrected chi connectivity index (χ1v) is 14.2. The summed E-state index contributed by atoms with van der Waals surface area (Å²) >= 11 is 0. The minimum atomic E-state index is -0.223. The lowest BCUT2D eigenvalue weighted by Gasteiger charge is -2.61. The van der Waals surface area contributed by atoms with Crippen LogP contribution in [0, 0.1) is 46.3 Å². The molecule has 0 heterocycles. The van der Waals surface area contributed by atoms with Crippen molar-refractivity contribution in [2.24, 2.45) is 46.3 Å². The summed E-state index contributed by atoms with van der Waals surface area (Å²) in [7, 11) is 0. The second kappa shape index (κ2) is 10.5. The highest BCUT2D eigenvalue weighted by Gasteiger charge is 2.64. The molecule has 36 heavy (non-hydrogen) atoms. The highest BCUT2D eigenvalue weighted by atomic mass is 16.5. The molecule has 9 atom stereocenters. The molecule has 4 fully saturated rings. The maximum absolute atomic E-state index is 14.1. The van der Waals surface area contributed by atoms with Gasteiger partial charge in [0.1, 0.15) is 12.7 Å². The van der Waals surface area contributed by atoms with Crippen molar-refractivity contribution >= 4 is 17.7 Å². The Labute approximate surface area is 217 Å². The normalized spacial score (nSPS) is 41.6. The molecule has 0 radical (unpaired) electrons. The quantitative estimate of drug-likeness (QED) is 0.229. The average Bonchev–Trinajstić information content (AvgIpc) is 3.19. The summed E-state index contributed by atoms with van der Waals surface area (Å²) in [5.74, 6) is 2.03. The first-order valence-electron chi connectivity index (χ1n) is 14.2. The smallest absolute Gasteiger partial charge is 0.306 e. The molecule has 0 unspecified atom stereocenters. The maximum atomic E-state index is 14.1. The Kier molecular flexibility index (Phi) is 7.88. The van der Waals surface area contributed by atoms with Crippen molar-refractivity contribution in [3.8, 4) is 0 Å². The van der Waals surface area contributed by atoms with E-state index in [0.717, 1.165) is 56.9 Å². The van der Waals surface area contributed by atoms with Gasteiger partial charge in [-0.15, -0.1) is 0 Å². The topological polar surface area (TPSA) is 69.7 Å². The molecule has 0 aromatic heterocycles. The summed E-state index contributed by atoms with van der Waals surface area (Å²) in [6, 6.07) is 0. The monoisotopic (exact) mass is 498 g/mol. The molecule has 0 amide bonds. The molecule has 4 saturated carbocycles. The van der Waals surface area contributed by atoms with Crippen molar-refractivity contribution in [3.05, 3.63) is 24.3 Å². The van der Waals surface area contributed by atoms with Gasteiger partial charge in [-0.3, -0.25) is 14.4 Å². The number of hydrogen-bond donors (Lipinski definition) is 0. The van der Waals surface area contributed by atoms with Crippen LogP contribution in [0.15, 0.2) is 24.3 Å². The summed E-state index contributed by atoms with van der Waals surface area (Å²) in [6.07, 6.45) is 12.0. The fourth-order valence-electron chi connectivity index (χ4n) is 9.26. The van der Waals surface area contributed by atoms with Crippen LogP contribution in [-0.4, -0.2) is 30.4 Å². The van der Waals surface area contributed by atoms with Crippen LogP contribution in [-0.2, 0) is 23.9 Å². The number of ether oxygens (including phenoxy) is 2. The van der Waals surface area contributed by atoms with E-state index in [1.54, 1.807) is 6.08 Å². The number of ketones is 1. The lowest BCUT2D eigenvalue weighted by molar-refractivity contribution is -0.160. The second-order valence-corrected chi connectivity index (χ2v) is 12.6. The SMILES string of the molecule is C=CCOC(=O)CC[C@@H](C)[C@H]1CC[C@H]2[C@@H]3C(=O)C(=CC)[C@@H]4C[C@H](OC(C)=O)CC[C@]4(C)[C@H]3CC[C@]12C. The Morgan fingerprint density at radius 3 is 2.47 bits per heavy atom. The first-order chi connectivity index (χ1) is 17.1. The fraction of sp³-hybridized carbons (Fsp3) is 0.774. The number of carbonyl (C=O) groups excluding carboxylic acids is 3. The van der Waals surface area contributed by atoms with Crippen LogP contribution in [0.1, 0.15) is 92.4 Å². The highest BCUT2D eigenvalue weighted by Crippen LogP contribution is 2.68. The molecular formula is C31H46O5. The van der Waals surface area contributed by atoms with E-state index in [0.29, 0.717) is 35.9 Å². The minimum Gasteiger partial charge on any atom is -0.463 e. The summed E-state index contributed by atoms with van der Waals surface area (Å²) in [6.45, 7) is 14.5. The van der Waals surface area contributed by atoms with Gasteiger partial charge in [-0.25, -0.2) is 0 Å². The molecule has 0 aromatic carbocycles. The van der Waals surface area contributed by atoms with E-state index in [-0.39, 0.29) is 47.3 Å². The van der Waals surface area contributed by atoms with Gasteiger partial charge in [0.15, 0.2) is 5.78 Å². The van der Waals surface area contributed by atoms with Gasteiger partial charge in [0, 0.05) is 19.3 Å². The van der Waals surface area contributed by atoms with Crippen LogP contribution in [0.5, 0.6) is 0 Å². The summed E-state index contributed by atoms with van der Waals surface area (Å²) in [5.41, 5.74) is 1.20. The van der Waals surface area contributed by atoms with Gasteiger partial charge in [0.05, 0.1) is 0 Å². The Morgan fingerprint density at radius 1 is 1.11 bits per heavy atom. The summed E-state index contributed by atoms with van der Waals surface area (Å²) < 4.78 is 10.8. The van der Waals surface area contributed by atoms with Gasteiger partial charge >= 0.3 is 11.9 Å². The number of allylic oxidation sites excluding steroid dienone is 2. The van der Waals surface area contributed by atoms with Crippen molar-refractivity contribution < 1.29 is 23.9 Å². The minimum absolute atomic E-state index is 0.0800. The van der Waals surface area contributed by atoms with Crippen LogP contribution in [0.2, 0.25) is 0 Å². The van der Waals surface area contributed by atoms with E-state index in [2.05, 4.69) is 33.4 Å². The van der Waals surface area contributed by atoms with Crippen LogP contribution in [0.3, 0.4) is 0 Å². The molecule has 5 nitrogen and oxygen atoms in total. The molecular weight excluding hydrogens is 452 g/mol. The van der Waals surface area contributed by atoms with E-state index in [1.165, 1.54) is 6.92 Å². The molecule has 4 rings (SSSR count). The van der Waals surface area contributed by atoms with Gasteiger partial charge in [0.2, 0.25) is 0 Å². The number of hydrogen-bond acceptors (Lipinski definition) is 5. The number of esters is 2. The van der Waals surface area contributed by atoms with Crippen LogP contribution in [0.4, 0.5) is 0 Å². The van der Waals surface area contributed by atoms with E-state index < -0.39 is 0 Å². The Morgan fingerprint density at radius 2 is 1.81 bits per heavy atom. The van der Waals surface area contributed by atoms with Gasteiger partial charge in [0.25, 0.3) is 0 Å². The molecule has 0 N–H and O–H groups in total. The Hall–Kier alpha value is -1.91. The second-order valence-electron chi connectivity index (χ2n) is 12.6. The number of fused-ring (bicyclic) bond motifs is 5. The van der Waals surface area contributed by atoms with Gasteiger partial charge < -0.3 is 9.47 Å². The molecule has 0 bridgehead atoms. The largest absolute Gasteiger partial charge is 0.463 e. The van der Waals surface area contributed by atoms with Crippen molar-refractivity contribution in [1.29, 1.82) is 0 Å². The zero-order chi connectivity index (χ0) is 26.3. The van der Waals surface area contributed by atoms with Gasteiger partial charge in [-0.05, 0) is 104 Å². The standard InChI is InChI=1S/C31H46O5/c1-7-17-35-27(33)12-9-19(3)23-10-11-24-28-25(14-16-30(23,24)5)31(6)15-13-21(36-20(4)32)18-26(31)22(8-2)29(28)34/h7-8,19,21,23-26,28H,1,9-18H2,2-6H3/t19-,21-,23-,24+,25+,26+,28+,30-,31-/m1/s1. The highest BCUT2D eigenvalue weighted by molar-refractivity contribution is 5.99. The third-order valence-corrected chi connectivity index (χ3v) is 10.9. The molecule has 0 aliphatic heterocycles. The third-order valence-electron chi connectivity index (χ3n) is 10.9. The number of rotatable bonds is 7. The summed E-state index contributed by atoms with van der Waals surface area (Å²) in [4.78, 5) is 37.9. The average molecular weight is 499 g/mol. The molecule has 0 saturated heterocycles. The molecule has 0 aromatic rings. The molecule has 200 valence electrons. The zero-order valence-electron chi connectivity index (χ0n) is 23.0. The van der Waals surface area contributed by atoms with E-state index >= 15 is 0 Å². The van der Waals surface area contributed by atoms with E-state index in [9.17, 15) is 14.4 Å². The van der Waals surface area contributed by atoms with E-state index in [1.807, 2.05) is 6.92 Å². The lowest BCUT2D eigenvalue weighted by Crippen LogP contribution is -2.58. The van der Waals surface area contributed by atoms with Crippen molar-refractivity contribution in [2.45, 2.75) is 98.5 Å². The van der Waals surface area contributed by atoms with Crippen LogP contribution in [0.25, 0.3) is 0 Å². The van der Waals surface area contributed by atoms with Crippen molar-refractivity contribution in [2.75, 3.05) is 6.61 Å². The predicted molar refractivity (Wildman–Crippen MR) is 140 cm³/mol. The zero-order valence-corrected chi connectivity index (χ0v) is 23.0. The van der Waals surface area contributed by atoms with Crippen LogP contribution >= 0.6 is 0 Å². The fourth-order valence-corrected chi connectivity index (χ4v) is 9.26. The molecule has 0 spiro atoms. The van der Waals surface area contributed by atoms with E-state index in [4.69, 9.17) is 9.47 Å². The molecule has 4 aliphatic carbocycles. The number of Topliss-reactive ketones (excluding diaryl/α,β-unsaturated/α-hetero) is 1. The molecule has 5 heteroatoms. The first kappa shape index (κ1) is 27.1. The third kappa shape index (κ3) is 4.60. The predicted octanol–water partition coefficient (Wildman–Crippen LogP) is 6.46. The maximum Gasteiger partial charge on any atom is 0.306 e. The number of carbonyl (C=O) groups is 3. The van der Waals surface area contributed by atoms with Gasteiger partial charge in [-0.1, -0.05) is 39.5 Å². The van der Waals surface area contributed by atoms with Crippen LogP contribution < -0.4 is 0 Å². The lowest BCUT2D eigenvalue weighted by atomic mass is 9.43. The van der Waals surface area contributed by atoms with Crippen molar-refractivity contribution in [3.63, 3.8) is 0 Å². The summed E-state index contributed by atoms with van der Waals surface area (Å²) in [5, 5.41) is 0. The van der Waals surface area contributed by atoms with Gasteiger partial charge in [-0.2, -0.15) is 0 Å².